The number of nitrogens with two attached hydrogens (primary N) is 1. The summed E-state index contributed by atoms with van der Waals surface area (Å²) < 4.78 is 0. The molecule has 0 bridgehead atoms. The Kier molecular flexibility index (Phi) is 3.71. The smallest absolute Gasteiger partial charge is 0.239 e. The lowest BCUT2D eigenvalue weighted by molar-refractivity contribution is 0.301. The SMILES string of the molecule is CCC1(CC)CCN(c2nc(NN)ncc2C)C1. The first-order chi connectivity index (χ1) is 8.64. The molecule has 100 valence electrons. The molecule has 0 radical (unpaired) electrons. The first-order valence-electron chi connectivity index (χ1n) is 6.69. The van der Waals surface area contributed by atoms with Crippen molar-refractivity contribution in [1.29, 1.82) is 0 Å². The third-order valence-corrected chi connectivity index (χ3v) is 4.31. The summed E-state index contributed by atoms with van der Waals surface area (Å²) in [7, 11) is 0. The quantitative estimate of drug-likeness (QED) is 0.632. The fraction of sp³-hybridized carbons (Fsp3) is 0.692. The van der Waals surface area contributed by atoms with Gasteiger partial charge in [-0.3, -0.25) is 5.43 Å². The van der Waals surface area contributed by atoms with Crippen LogP contribution in [0.15, 0.2) is 6.20 Å². The molecule has 0 aliphatic carbocycles. The zero-order chi connectivity index (χ0) is 13.2. The molecule has 1 aromatic heterocycles. The van der Waals surface area contributed by atoms with Crippen LogP contribution in [0.5, 0.6) is 0 Å². The first kappa shape index (κ1) is 13.1. The number of hydrogen-bond acceptors (Lipinski definition) is 5. The van der Waals surface area contributed by atoms with Crippen molar-refractivity contribution in [2.75, 3.05) is 23.4 Å². The molecule has 18 heavy (non-hydrogen) atoms. The van der Waals surface area contributed by atoms with Crippen molar-refractivity contribution in [3.8, 4) is 0 Å². The highest BCUT2D eigenvalue weighted by molar-refractivity contribution is 5.49. The van der Waals surface area contributed by atoms with Crippen molar-refractivity contribution < 1.29 is 0 Å². The largest absolute Gasteiger partial charge is 0.356 e. The molecule has 1 fully saturated rings. The molecule has 5 nitrogen and oxygen atoms in total. The zero-order valence-corrected chi connectivity index (χ0v) is 11.5. The van der Waals surface area contributed by atoms with Crippen LogP contribution in [0.2, 0.25) is 0 Å². The van der Waals surface area contributed by atoms with Gasteiger partial charge < -0.3 is 4.90 Å². The highest BCUT2D eigenvalue weighted by Crippen LogP contribution is 2.39. The van der Waals surface area contributed by atoms with Crippen LogP contribution < -0.4 is 16.2 Å². The van der Waals surface area contributed by atoms with Gasteiger partial charge in [0.05, 0.1) is 0 Å². The number of hydrogen-bond donors (Lipinski definition) is 2. The molecule has 0 spiro atoms. The Hall–Kier alpha value is -1.36. The van der Waals surface area contributed by atoms with E-state index in [1.807, 2.05) is 13.1 Å². The van der Waals surface area contributed by atoms with E-state index >= 15 is 0 Å². The van der Waals surface area contributed by atoms with Crippen LogP contribution in [-0.2, 0) is 0 Å². The molecular formula is C13H23N5. The second-order valence-electron chi connectivity index (χ2n) is 5.22. The second kappa shape index (κ2) is 5.10. The molecule has 5 heteroatoms. The summed E-state index contributed by atoms with van der Waals surface area (Å²) in [6, 6.07) is 0. The minimum Gasteiger partial charge on any atom is -0.356 e. The molecule has 0 amide bonds. The summed E-state index contributed by atoms with van der Waals surface area (Å²) in [4.78, 5) is 11.0. The Morgan fingerprint density at radius 2 is 2.17 bits per heavy atom. The van der Waals surface area contributed by atoms with Gasteiger partial charge in [-0.25, -0.2) is 10.8 Å². The number of aryl methyl sites for hydroxylation is 1. The minimum atomic E-state index is 0.452. The number of hydrazine groups is 1. The van der Waals surface area contributed by atoms with Gasteiger partial charge in [0.2, 0.25) is 5.95 Å². The summed E-state index contributed by atoms with van der Waals surface area (Å²) in [6.45, 7) is 8.78. The third-order valence-electron chi connectivity index (χ3n) is 4.31. The van der Waals surface area contributed by atoms with Crippen molar-refractivity contribution in [3.05, 3.63) is 11.8 Å². The topological polar surface area (TPSA) is 67.1 Å². The summed E-state index contributed by atoms with van der Waals surface area (Å²) in [6.07, 6.45) is 5.53. The number of rotatable bonds is 4. The van der Waals surface area contributed by atoms with E-state index in [0.717, 1.165) is 24.5 Å². The van der Waals surface area contributed by atoms with Crippen molar-refractivity contribution >= 4 is 11.8 Å². The average molecular weight is 249 g/mol. The Morgan fingerprint density at radius 3 is 2.72 bits per heavy atom. The maximum atomic E-state index is 5.38. The van der Waals surface area contributed by atoms with Crippen LogP contribution in [0, 0.1) is 12.3 Å². The maximum absolute atomic E-state index is 5.38. The Morgan fingerprint density at radius 1 is 1.44 bits per heavy atom. The van der Waals surface area contributed by atoms with Crippen LogP contribution in [-0.4, -0.2) is 23.1 Å². The van der Waals surface area contributed by atoms with Crippen molar-refractivity contribution in [2.24, 2.45) is 11.3 Å². The zero-order valence-electron chi connectivity index (χ0n) is 11.5. The van der Waals surface area contributed by atoms with Gasteiger partial charge in [-0.1, -0.05) is 13.8 Å². The van der Waals surface area contributed by atoms with Crippen LogP contribution in [0.3, 0.4) is 0 Å². The Labute approximate surface area is 109 Å². The van der Waals surface area contributed by atoms with E-state index in [1.165, 1.54) is 19.3 Å². The predicted molar refractivity (Wildman–Crippen MR) is 74.4 cm³/mol. The Bertz CT molecular complexity index is 414. The van der Waals surface area contributed by atoms with Crippen molar-refractivity contribution in [3.63, 3.8) is 0 Å². The normalized spacial score (nSPS) is 18.1. The third kappa shape index (κ3) is 2.27. The highest BCUT2D eigenvalue weighted by atomic mass is 15.3. The molecular weight excluding hydrogens is 226 g/mol. The van der Waals surface area contributed by atoms with Gasteiger partial charge in [-0.05, 0) is 31.6 Å². The summed E-state index contributed by atoms with van der Waals surface area (Å²) >= 11 is 0. The van der Waals surface area contributed by atoms with E-state index in [1.54, 1.807) is 0 Å². The summed E-state index contributed by atoms with van der Waals surface area (Å²) in [5.74, 6) is 6.88. The lowest BCUT2D eigenvalue weighted by Gasteiger charge is -2.27. The van der Waals surface area contributed by atoms with E-state index in [4.69, 9.17) is 5.84 Å². The molecule has 1 aromatic rings. The number of nitrogens with zero attached hydrogens (tertiary/aromatic N) is 3. The second-order valence-corrected chi connectivity index (χ2v) is 5.22. The van der Waals surface area contributed by atoms with Gasteiger partial charge >= 0.3 is 0 Å². The molecule has 0 unspecified atom stereocenters. The molecule has 1 aliphatic rings. The van der Waals surface area contributed by atoms with Gasteiger partial charge in [0.15, 0.2) is 0 Å². The Balaban J connectivity index is 2.23. The number of nitrogen functional groups attached to an aromatic ring is 1. The number of anilines is 2. The van der Waals surface area contributed by atoms with Gasteiger partial charge in [0.25, 0.3) is 0 Å². The molecule has 0 atom stereocenters. The fourth-order valence-electron chi connectivity index (χ4n) is 2.77. The molecule has 1 aliphatic heterocycles. The number of nitrogens with one attached hydrogen (secondary N) is 1. The first-order valence-corrected chi connectivity index (χ1v) is 6.69. The fourth-order valence-corrected chi connectivity index (χ4v) is 2.77. The van der Waals surface area contributed by atoms with Crippen molar-refractivity contribution in [2.45, 2.75) is 40.0 Å². The van der Waals surface area contributed by atoms with Crippen LogP contribution in [0.1, 0.15) is 38.7 Å². The molecule has 0 aromatic carbocycles. The van der Waals surface area contributed by atoms with E-state index in [2.05, 4.69) is 34.1 Å². The minimum absolute atomic E-state index is 0.452. The van der Waals surface area contributed by atoms with Gasteiger partial charge in [-0.2, -0.15) is 4.98 Å². The average Bonchev–Trinajstić information content (AvgIpc) is 2.84. The monoisotopic (exact) mass is 249 g/mol. The molecule has 1 saturated heterocycles. The number of aromatic nitrogens is 2. The molecule has 0 saturated carbocycles. The van der Waals surface area contributed by atoms with E-state index in [-0.39, 0.29) is 0 Å². The van der Waals surface area contributed by atoms with Crippen LogP contribution in [0.4, 0.5) is 11.8 Å². The highest BCUT2D eigenvalue weighted by Gasteiger charge is 2.35. The lowest BCUT2D eigenvalue weighted by atomic mass is 9.82. The molecule has 2 rings (SSSR count). The van der Waals surface area contributed by atoms with E-state index in [0.29, 0.717) is 11.4 Å². The van der Waals surface area contributed by atoms with Crippen molar-refractivity contribution in [1.82, 2.24) is 9.97 Å². The standard InChI is InChI=1S/C13H23N5/c1-4-13(5-2)6-7-18(9-13)11-10(3)8-15-12(16-11)17-14/h8H,4-7,9,14H2,1-3H3,(H,15,16,17). The van der Waals surface area contributed by atoms with Crippen LogP contribution in [0.25, 0.3) is 0 Å². The van der Waals surface area contributed by atoms with Gasteiger partial charge in [-0.15, -0.1) is 0 Å². The van der Waals surface area contributed by atoms with Gasteiger partial charge in [0, 0.05) is 24.8 Å². The van der Waals surface area contributed by atoms with E-state index < -0.39 is 0 Å². The van der Waals surface area contributed by atoms with E-state index in [9.17, 15) is 0 Å². The molecule has 2 heterocycles. The maximum Gasteiger partial charge on any atom is 0.239 e. The summed E-state index contributed by atoms with van der Waals surface area (Å²) in [5, 5.41) is 0. The summed E-state index contributed by atoms with van der Waals surface area (Å²) in [5.41, 5.74) is 4.08. The molecule has 3 N–H and O–H groups in total. The van der Waals surface area contributed by atoms with Gasteiger partial charge in [0.1, 0.15) is 5.82 Å². The van der Waals surface area contributed by atoms with Crippen LogP contribution >= 0.6 is 0 Å². The lowest BCUT2D eigenvalue weighted by Crippen LogP contribution is -2.27. The predicted octanol–water partition coefficient (Wildman–Crippen LogP) is 2.09.